The Hall–Kier alpha value is -0.480. The van der Waals surface area contributed by atoms with Gasteiger partial charge in [0.1, 0.15) is 0 Å². The van der Waals surface area contributed by atoms with Gasteiger partial charge in [-0.3, -0.25) is 9.79 Å². The van der Waals surface area contributed by atoms with Gasteiger partial charge >= 0.3 is 0 Å². The minimum Gasteiger partial charge on any atom is -0.355 e. The topological polar surface area (TPSA) is 56.7 Å². The SMILES string of the molecule is CCC(=O)N1CCC(NC(=NC)NCC(C)(C)Sc2ccc(Br)cc2)C1.I. The van der Waals surface area contributed by atoms with Crippen LogP contribution in [0.25, 0.3) is 0 Å². The summed E-state index contributed by atoms with van der Waals surface area (Å²) in [5, 5.41) is 6.88. The number of hydrogen-bond donors (Lipinski definition) is 2. The van der Waals surface area contributed by atoms with Gasteiger partial charge in [0.15, 0.2) is 5.96 Å². The van der Waals surface area contributed by atoms with Crippen LogP contribution in [0.1, 0.15) is 33.6 Å². The van der Waals surface area contributed by atoms with E-state index in [1.54, 1.807) is 7.05 Å². The molecule has 0 saturated carbocycles. The molecule has 0 aromatic heterocycles. The normalized spacial score (nSPS) is 17.4. The third kappa shape index (κ3) is 8.19. The highest BCUT2D eigenvalue weighted by Crippen LogP contribution is 2.32. The average molecular weight is 569 g/mol. The zero-order valence-corrected chi connectivity index (χ0v) is 21.2. The first kappa shape index (κ1) is 24.6. The molecular weight excluding hydrogens is 539 g/mol. The molecule has 1 aromatic carbocycles. The van der Waals surface area contributed by atoms with Gasteiger partial charge in [0, 0.05) is 53.3 Å². The number of halogens is 2. The van der Waals surface area contributed by atoms with Crippen molar-refractivity contribution in [2.24, 2.45) is 4.99 Å². The molecule has 1 aliphatic rings. The number of aliphatic imine (C=N–C) groups is 1. The number of nitrogens with zero attached hydrogens (tertiary/aromatic N) is 2. The van der Waals surface area contributed by atoms with E-state index in [9.17, 15) is 4.79 Å². The maximum absolute atomic E-state index is 11.8. The molecule has 1 fully saturated rings. The first-order valence-electron chi connectivity index (χ1n) is 9.02. The summed E-state index contributed by atoms with van der Waals surface area (Å²) >= 11 is 5.31. The van der Waals surface area contributed by atoms with Gasteiger partial charge in [0.2, 0.25) is 5.91 Å². The molecule has 2 N–H and O–H groups in total. The van der Waals surface area contributed by atoms with E-state index in [2.05, 4.69) is 69.7 Å². The highest BCUT2D eigenvalue weighted by molar-refractivity contribution is 14.0. The Labute approximate surface area is 192 Å². The maximum Gasteiger partial charge on any atom is 0.222 e. The van der Waals surface area contributed by atoms with Crippen molar-refractivity contribution >= 4 is 63.5 Å². The van der Waals surface area contributed by atoms with Gasteiger partial charge in [-0.25, -0.2) is 0 Å². The van der Waals surface area contributed by atoms with Crippen molar-refractivity contribution in [3.05, 3.63) is 28.7 Å². The van der Waals surface area contributed by atoms with Crippen LogP contribution in [0.3, 0.4) is 0 Å². The fourth-order valence-corrected chi connectivity index (χ4v) is 4.19. The summed E-state index contributed by atoms with van der Waals surface area (Å²) < 4.78 is 1.11. The minimum atomic E-state index is 0. The van der Waals surface area contributed by atoms with Gasteiger partial charge in [0.05, 0.1) is 0 Å². The van der Waals surface area contributed by atoms with Crippen molar-refractivity contribution < 1.29 is 4.79 Å². The second kappa shape index (κ2) is 11.5. The van der Waals surface area contributed by atoms with E-state index in [1.807, 2.05) is 23.6 Å². The lowest BCUT2D eigenvalue weighted by Crippen LogP contribution is -2.48. The molecule has 1 aliphatic heterocycles. The molecule has 27 heavy (non-hydrogen) atoms. The number of nitrogens with one attached hydrogen (secondary N) is 2. The average Bonchev–Trinajstić information content (AvgIpc) is 3.08. The van der Waals surface area contributed by atoms with Crippen LogP contribution >= 0.6 is 51.7 Å². The van der Waals surface area contributed by atoms with E-state index in [0.29, 0.717) is 6.42 Å². The summed E-state index contributed by atoms with van der Waals surface area (Å²) in [6.45, 7) is 8.72. The molecule has 1 amide bonds. The first-order chi connectivity index (χ1) is 12.3. The smallest absolute Gasteiger partial charge is 0.222 e. The van der Waals surface area contributed by atoms with Gasteiger partial charge < -0.3 is 15.5 Å². The van der Waals surface area contributed by atoms with Crippen molar-refractivity contribution in [2.45, 2.75) is 49.3 Å². The van der Waals surface area contributed by atoms with Crippen molar-refractivity contribution in [3.63, 3.8) is 0 Å². The Morgan fingerprint density at radius 2 is 2.04 bits per heavy atom. The van der Waals surface area contributed by atoms with Crippen molar-refractivity contribution in [2.75, 3.05) is 26.7 Å². The number of rotatable bonds is 6. The second-order valence-electron chi connectivity index (χ2n) is 7.06. The second-order valence-corrected chi connectivity index (χ2v) is 9.76. The van der Waals surface area contributed by atoms with Crippen molar-refractivity contribution in [1.82, 2.24) is 15.5 Å². The number of thioether (sulfide) groups is 1. The van der Waals surface area contributed by atoms with Crippen LogP contribution < -0.4 is 10.6 Å². The van der Waals surface area contributed by atoms with Gasteiger partial charge in [-0.2, -0.15) is 0 Å². The van der Waals surface area contributed by atoms with E-state index in [1.165, 1.54) is 4.90 Å². The first-order valence-corrected chi connectivity index (χ1v) is 10.6. The zero-order chi connectivity index (χ0) is 19.2. The number of benzene rings is 1. The third-order valence-corrected chi connectivity index (χ3v) is 6.03. The quantitative estimate of drug-likeness (QED) is 0.235. The van der Waals surface area contributed by atoms with Gasteiger partial charge in [0.25, 0.3) is 0 Å². The number of amides is 1. The summed E-state index contributed by atoms with van der Waals surface area (Å²) in [6, 6.07) is 8.65. The third-order valence-electron chi connectivity index (χ3n) is 4.30. The molecule has 0 radical (unpaired) electrons. The van der Waals surface area contributed by atoms with E-state index in [-0.39, 0.29) is 40.7 Å². The van der Waals surface area contributed by atoms with Gasteiger partial charge in [-0.15, -0.1) is 35.7 Å². The van der Waals surface area contributed by atoms with Crippen molar-refractivity contribution in [3.8, 4) is 0 Å². The predicted octanol–water partition coefficient (Wildman–Crippen LogP) is 4.11. The molecule has 1 atom stereocenters. The van der Waals surface area contributed by atoms with Crippen molar-refractivity contribution in [1.29, 1.82) is 0 Å². The minimum absolute atomic E-state index is 0. The van der Waals surface area contributed by atoms with E-state index < -0.39 is 0 Å². The molecule has 1 aromatic rings. The number of carbonyl (C=O) groups is 1. The van der Waals surface area contributed by atoms with Crippen LogP contribution in [0.15, 0.2) is 38.6 Å². The maximum atomic E-state index is 11.8. The number of hydrogen-bond acceptors (Lipinski definition) is 3. The van der Waals surface area contributed by atoms with Gasteiger partial charge in [-0.05, 0) is 44.5 Å². The molecular formula is C19H30BrIN4OS. The molecule has 1 saturated heterocycles. The summed E-state index contributed by atoms with van der Waals surface area (Å²) in [5.74, 6) is 1.02. The standard InChI is InChI=1S/C19H29BrN4OS.HI/c1-5-17(25)24-11-10-15(12-24)23-18(21-4)22-13-19(2,3)26-16-8-6-14(20)7-9-16;/h6-9,15H,5,10-13H2,1-4H3,(H2,21,22,23);1H. The summed E-state index contributed by atoms with van der Waals surface area (Å²) in [7, 11) is 1.79. The molecule has 0 spiro atoms. The predicted molar refractivity (Wildman–Crippen MR) is 129 cm³/mol. The lowest BCUT2D eigenvalue weighted by atomic mass is 10.2. The Kier molecular flexibility index (Phi) is 10.5. The van der Waals surface area contributed by atoms with Crippen LogP contribution in [-0.2, 0) is 4.79 Å². The zero-order valence-electron chi connectivity index (χ0n) is 16.4. The van der Waals surface area contributed by atoms with E-state index >= 15 is 0 Å². The largest absolute Gasteiger partial charge is 0.355 e. The Bertz CT molecular complexity index is 639. The molecule has 0 bridgehead atoms. The molecule has 0 aliphatic carbocycles. The molecule has 1 heterocycles. The Morgan fingerprint density at radius 1 is 1.37 bits per heavy atom. The highest BCUT2D eigenvalue weighted by Gasteiger charge is 2.26. The monoisotopic (exact) mass is 568 g/mol. The van der Waals surface area contributed by atoms with Crippen LogP contribution in [-0.4, -0.2) is 54.2 Å². The molecule has 1 unspecified atom stereocenters. The van der Waals surface area contributed by atoms with Crippen LogP contribution in [0.5, 0.6) is 0 Å². The Morgan fingerprint density at radius 3 is 2.63 bits per heavy atom. The lowest BCUT2D eigenvalue weighted by molar-refractivity contribution is -0.129. The molecule has 8 heteroatoms. The molecule has 2 rings (SSSR count). The Balaban J connectivity index is 0.00000364. The summed E-state index contributed by atoms with van der Waals surface area (Å²) in [4.78, 5) is 19.3. The van der Waals surface area contributed by atoms with Crippen LogP contribution in [0.2, 0.25) is 0 Å². The number of carbonyl (C=O) groups excluding carboxylic acids is 1. The fraction of sp³-hybridized carbons (Fsp3) is 0.579. The molecule has 152 valence electrons. The number of likely N-dealkylation sites (tertiary alicyclic amines) is 1. The lowest BCUT2D eigenvalue weighted by Gasteiger charge is -2.26. The van der Waals surface area contributed by atoms with Crippen LogP contribution in [0, 0.1) is 0 Å². The molecule has 5 nitrogen and oxygen atoms in total. The van der Waals surface area contributed by atoms with E-state index in [4.69, 9.17) is 0 Å². The fourth-order valence-electron chi connectivity index (χ4n) is 2.87. The van der Waals surface area contributed by atoms with Crippen LogP contribution in [0.4, 0.5) is 0 Å². The van der Waals surface area contributed by atoms with Gasteiger partial charge in [-0.1, -0.05) is 22.9 Å². The highest BCUT2D eigenvalue weighted by atomic mass is 127. The summed E-state index contributed by atoms with van der Waals surface area (Å²) in [6.07, 6.45) is 1.53. The number of guanidine groups is 1. The van der Waals surface area contributed by atoms with E-state index in [0.717, 1.165) is 36.5 Å². The summed E-state index contributed by atoms with van der Waals surface area (Å²) in [5.41, 5.74) is 0.